The van der Waals surface area contributed by atoms with E-state index in [9.17, 15) is 0 Å². The van der Waals surface area contributed by atoms with E-state index in [1.807, 2.05) is 0 Å². The quantitative estimate of drug-likeness (QED) is 0.593. The Balaban J connectivity index is 2.30. The Hall–Kier alpha value is -0.0800. The monoisotopic (exact) mass is 157 g/mol. The van der Waals surface area contributed by atoms with Crippen LogP contribution < -0.4 is 5.73 Å². The molecular formula is C9H19NO. The molecule has 0 heterocycles. The lowest BCUT2D eigenvalue weighted by Crippen LogP contribution is -2.33. The highest BCUT2D eigenvalue weighted by Gasteiger charge is 2.18. The summed E-state index contributed by atoms with van der Waals surface area (Å²) in [6.45, 7) is 0.157. The van der Waals surface area contributed by atoms with Gasteiger partial charge >= 0.3 is 0 Å². The number of nitrogens with two attached hydrogens (primary N) is 1. The molecule has 0 aromatic carbocycles. The molecule has 1 fully saturated rings. The van der Waals surface area contributed by atoms with E-state index in [1.165, 1.54) is 38.5 Å². The smallest absolute Gasteiger partial charge is 0.0585 e. The van der Waals surface area contributed by atoms with Crippen molar-refractivity contribution in [3.8, 4) is 0 Å². The van der Waals surface area contributed by atoms with Gasteiger partial charge in [-0.05, 0) is 18.8 Å². The Morgan fingerprint density at radius 3 is 2.18 bits per heavy atom. The molecule has 0 aromatic heterocycles. The highest BCUT2D eigenvalue weighted by atomic mass is 16.3. The zero-order valence-corrected chi connectivity index (χ0v) is 7.13. The number of hydrogen-bond acceptors (Lipinski definition) is 2. The van der Waals surface area contributed by atoms with E-state index in [1.54, 1.807) is 0 Å². The minimum Gasteiger partial charge on any atom is -0.395 e. The van der Waals surface area contributed by atoms with Gasteiger partial charge in [0.05, 0.1) is 6.61 Å². The predicted molar refractivity (Wildman–Crippen MR) is 46.3 cm³/mol. The van der Waals surface area contributed by atoms with E-state index in [4.69, 9.17) is 10.8 Å². The van der Waals surface area contributed by atoms with Crippen molar-refractivity contribution in [1.82, 2.24) is 0 Å². The van der Waals surface area contributed by atoms with E-state index < -0.39 is 0 Å². The zero-order chi connectivity index (χ0) is 8.10. The second-order valence-electron chi connectivity index (χ2n) is 3.60. The number of hydrogen-bond donors (Lipinski definition) is 2. The fourth-order valence-corrected chi connectivity index (χ4v) is 1.89. The topological polar surface area (TPSA) is 46.2 Å². The Bertz CT molecular complexity index is 97.7. The van der Waals surface area contributed by atoms with Crippen molar-refractivity contribution in [3.63, 3.8) is 0 Å². The molecule has 0 radical (unpaired) electrons. The van der Waals surface area contributed by atoms with Gasteiger partial charge in [0, 0.05) is 6.04 Å². The van der Waals surface area contributed by atoms with Crippen LogP contribution in [0.2, 0.25) is 0 Å². The lowest BCUT2D eigenvalue weighted by Gasteiger charge is -2.19. The van der Waals surface area contributed by atoms with Gasteiger partial charge in [0.25, 0.3) is 0 Å². The molecule has 0 aliphatic heterocycles. The van der Waals surface area contributed by atoms with Crippen LogP contribution in [0.4, 0.5) is 0 Å². The van der Waals surface area contributed by atoms with Crippen molar-refractivity contribution in [2.24, 2.45) is 11.7 Å². The maximum absolute atomic E-state index is 8.85. The van der Waals surface area contributed by atoms with Crippen molar-refractivity contribution >= 4 is 0 Å². The molecular weight excluding hydrogens is 138 g/mol. The molecule has 1 unspecified atom stereocenters. The lowest BCUT2D eigenvalue weighted by atomic mass is 9.93. The molecule has 0 spiro atoms. The molecule has 0 saturated heterocycles. The third kappa shape index (κ3) is 2.80. The van der Waals surface area contributed by atoms with E-state index >= 15 is 0 Å². The molecule has 2 nitrogen and oxygen atoms in total. The summed E-state index contributed by atoms with van der Waals surface area (Å²) in [5, 5.41) is 8.85. The molecule has 11 heavy (non-hydrogen) atoms. The summed E-state index contributed by atoms with van der Waals surface area (Å²) in [7, 11) is 0. The van der Waals surface area contributed by atoms with Gasteiger partial charge in [-0.3, -0.25) is 0 Å². The van der Waals surface area contributed by atoms with Crippen molar-refractivity contribution in [3.05, 3.63) is 0 Å². The zero-order valence-electron chi connectivity index (χ0n) is 7.13. The summed E-state index contributed by atoms with van der Waals surface area (Å²) in [5.41, 5.74) is 5.77. The Kier molecular flexibility index (Phi) is 3.87. The van der Waals surface area contributed by atoms with Crippen LogP contribution in [0, 0.1) is 5.92 Å². The third-order valence-electron chi connectivity index (χ3n) is 2.72. The van der Waals surface area contributed by atoms with Crippen LogP contribution >= 0.6 is 0 Å². The van der Waals surface area contributed by atoms with Gasteiger partial charge in [-0.15, -0.1) is 0 Å². The van der Waals surface area contributed by atoms with Gasteiger partial charge in [0.15, 0.2) is 0 Å². The van der Waals surface area contributed by atoms with Crippen molar-refractivity contribution in [2.75, 3.05) is 6.61 Å². The number of aliphatic hydroxyl groups is 1. The average Bonchev–Trinajstić information content (AvgIpc) is 2.30. The second kappa shape index (κ2) is 4.73. The van der Waals surface area contributed by atoms with Gasteiger partial charge in [-0.2, -0.15) is 0 Å². The summed E-state index contributed by atoms with van der Waals surface area (Å²) in [5.74, 6) is 0.586. The fraction of sp³-hybridized carbons (Fsp3) is 1.00. The summed E-state index contributed by atoms with van der Waals surface area (Å²) >= 11 is 0. The first-order valence-corrected chi connectivity index (χ1v) is 4.71. The van der Waals surface area contributed by atoms with Gasteiger partial charge in [0.1, 0.15) is 0 Å². The molecule has 0 aromatic rings. The first-order chi connectivity index (χ1) is 5.34. The lowest BCUT2D eigenvalue weighted by molar-refractivity contribution is 0.216. The normalized spacial score (nSPS) is 24.5. The Morgan fingerprint density at radius 1 is 1.18 bits per heavy atom. The van der Waals surface area contributed by atoms with E-state index in [0.717, 1.165) is 0 Å². The maximum Gasteiger partial charge on any atom is 0.0585 e. The van der Waals surface area contributed by atoms with Crippen molar-refractivity contribution in [1.29, 1.82) is 0 Å². The maximum atomic E-state index is 8.85. The summed E-state index contributed by atoms with van der Waals surface area (Å²) in [4.78, 5) is 0. The summed E-state index contributed by atoms with van der Waals surface area (Å²) in [6.07, 6.45) is 7.77. The van der Waals surface area contributed by atoms with Crippen molar-refractivity contribution < 1.29 is 5.11 Å². The molecule has 2 heteroatoms. The van der Waals surface area contributed by atoms with Gasteiger partial charge in [-0.1, -0.05) is 25.7 Å². The second-order valence-corrected chi connectivity index (χ2v) is 3.60. The predicted octanol–water partition coefficient (Wildman–Crippen LogP) is 1.28. The molecule has 3 N–H and O–H groups in total. The largest absolute Gasteiger partial charge is 0.395 e. The minimum absolute atomic E-state index is 0.0353. The first-order valence-electron chi connectivity index (χ1n) is 4.71. The fourth-order valence-electron chi connectivity index (χ4n) is 1.89. The standard InChI is InChI=1S/C9H19NO/c10-9(7-11)8-5-3-1-2-4-6-8/h8-9,11H,1-7,10H2. The SMILES string of the molecule is NC(CO)C1CCCCCC1. The van der Waals surface area contributed by atoms with E-state index in [2.05, 4.69) is 0 Å². The van der Waals surface area contributed by atoms with Crippen LogP contribution in [0.5, 0.6) is 0 Å². The number of aliphatic hydroxyl groups excluding tert-OH is 1. The average molecular weight is 157 g/mol. The Morgan fingerprint density at radius 2 is 1.73 bits per heavy atom. The van der Waals surface area contributed by atoms with Gasteiger partial charge in [-0.25, -0.2) is 0 Å². The highest BCUT2D eigenvalue weighted by Crippen LogP contribution is 2.24. The molecule has 66 valence electrons. The van der Waals surface area contributed by atoms with Crippen LogP contribution in [0.15, 0.2) is 0 Å². The number of rotatable bonds is 2. The molecule has 1 aliphatic rings. The molecule has 1 rings (SSSR count). The van der Waals surface area contributed by atoms with Crippen LogP contribution in [-0.4, -0.2) is 17.8 Å². The highest BCUT2D eigenvalue weighted by molar-refractivity contribution is 4.74. The third-order valence-corrected chi connectivity index (χ3v) is 2.72. The summed E-state index contributed by atoms with van der Waals surface area (Å²) < 4.78 is 0. The van der Waals surface area contributed by atoms with Gasteiger partial charge < -0.3 is 10.8 Å². The van der Waals surface area contributed by atoms with Crippen molar-refractivity contribution in [2.45, 2.75) is 44.6 Å². The summed E-state index contributed by atoms with van der Waals surface area (Å²) in [6, 6.07) is 0.0353. The first kappa shape index (κ1) is 9.01. The minimum atomic E-state index is 0.0353. The molecule has 0 bridgehead atoms. The Labute approximate surface area is 68.8 Å². The molecule has 1 saturated carbocycles. The van der Waals surface area contributed by atoms with Crippen LogP contribution in [0.25, 0.3) is 0 Å². The molecule has 0 amide bonds. The van der Waals surface area contributed by atoms with Crippen LogP contribution in [-0.2, 0) is 0 Å². The molecule has 1 atom stereocenters. The van der Waals surface area contributed by atoms with Crippen LogP contribution in [0.3, 0.4) is 0 Å². The van der Waals surface area contributed by atoms with Gasteiger partial charge in [0.2, 0.25) is 0 Å². The van der Waals surface area contributed by atoms with E-state index in [0.29, 0.717) is 5.92 Å². The van der Waals surface area contributed by atoms with Crippen LogP contribution in [0.1, 0.15) is 38.5 Å². The molecule has 1 aliphatic carbocycles. The van der Waals surface area contributed by atoms with E-state index in [-0.39, 0.29) is 12.6 Å².